The summed E-state index contributed by atoms with van der Waals surface area (Å²) in [5.41, 5.74) is 0.836. The third-order valence-corrected chi connectivity index (χ3v) is 2.79. The smallest absolute Gasteiger partial charge is 0.0998 e. The van der Waals surface area contributed by atoms with Gasteiger partial charge in [0.15, 0.2) is 0 Å². The zero-order valence-electron chi connectivity index (χ0n) is 10.4. The van der Waals surface area contributed by atoms with E-state index < -0.39 is 0 Å². The van der Waals surface area contributed by atoms with E-state index in [0.717, 1.165) is 30.0 Å². The Bertz CT molecular complexity index is 534. The summed E-state index contributed by atoms with van der Waals surface area (Å²) < 4.78 is 5.03. The van der Waals surface area contributed by atoms with E-state index in [9.17, 15) is 0 Å². The number of terminal acetylenes is 1. The highest BCUT2D eigenvalue weighted by Gasteiger charge is 2.02. The van der Waals surface area contributed by atoms with E-state index in [0.29, 0.717) is 6.10 Å². The predicted molar refractivity (Wildman–Crippen MR) is 68.0 cm³/mol. The van der Waals surface area contributed by atoms with Crippen LogP contribution in [0.2, 0.25) is 0 Å². The van der Waals surface area contributed by atoms with E-state index in [1.807, 2.05) is 18.2 Å². The highest BCUT2D eigenvalue weighted by molar-refractivity contribution is 5.41. The average Bonchev–Trinajstić information content (AvgIpc) is 2.33. The fourth-order valence-electron chi connectivity index (χ4n) is 1.49. The van der Waals surface area contributed by atoms with Gasteiger partial charge in [-0.15, -0.1) is 12.3 Å². The topological polar surface area (TPSA) is 33.0 Å². The number of nitrogens with zero attached hydrogens (tertiary/aromatic N) is 1. The quantitative estimate of drug-likeness (QED) is 0.594. The lowest BCUT2D eigenvalue weighted by molar-refractivity contribution is 0.109. The summed E-state index contributed by atoms with van der Waals surface area (Å²) >= 11 is 0. The van der Waals surface area contributed by atoms with Crippen molar-refractivity contribution in [1.82, 2.24) is 0 Å². The molecule has 17 heavy (non-hydrogen) atoms. The van der Waals surface area contributed by atoms with Crippen LogP contribution in [0.4, 0.5) is 0 Å². The molecule has 1 atom stereocenters. The van der Waals surface area contributed by atoms with Crippen LogP contribution in [0.25, 0.3) is 0 Å². The number of hydrogen-bond acceptors (Lipinski definition) is 2. The van der Waals surface area contributed by atoms with Crippen molar-refractivity contribution in [2.75, 3.05) is 7.11 Å². The minimum Gasteiger partial charge on any atom is -0.382 e. The molecule has 0 heterocycles. The second-order valence-corrected chi connectivity index (χ2v) is 4.01. The molecule has 0 N–H and O–H groups in total. The van der Waals surface area contributed by atoms with Crippen molar-refractivity contribution < 1.29 is 4.74 Å². The Balaban J connectivity index is 0.000000170. The first kappa shape index (κ1) is 13.3. The van der Waals surface area contributed by atoms with E-state index in [-0.39, 0.29) is 0 Å². The molecule has 88 valence electrons. The number of nitriles is 1. The van der Waals surface area contributed by atoms with Crippen molar-refractivity contribution in [2.45, 2.75) is 32.3 Å². The number of methoxy groups -OCH3 is 1. The molecule has 0 aromatic heterocycles. The molecule has 2 heteroatoms. The van der Waals surface area contributed by atoms with Gasteiger partial charge in [0.05, 0.1) is 17.7 Å². The van der Waals surface area contributed by atoms with Crippen LogP contribution in [0.3, 0.4) is 0 Å². The molecule has 0 bridgehead atoms. The monoisotopic (exact) mass is 227 g/mol. The first-order valence-electron chi connectivity index (χ1n) is 5.73. The summed E-state index contributed by atoms with van der Waals surface area (Å²) in [5, 5.41) is 10.7. The fourth-order valence-corrected chi connectivity index (χ4v) is 1.49. The minimum atomic E-state index is 0.360. The molecule has 1 unspecified atom stereocenters. The molecule has 2 aliphatic rings. The van der Waals surface area contributed by atoms with Crippen molar-refractivity contribution in [3.63, 3.8) is 0 Å². The third-order valence-electron chi connectivity index (χ3n) is 2.79. The van der Waals surface area contributed by atoms with E-state index >= 15 is 0 Å². The van der Waals surface area contributed by atoms with E-state index in [1.165, 1.54) is 5.22 Å². The van der Waals surface area contributed by atoms with Crippen molar-refractivity contribution in [3.05, 3.63) is 34.2 Å². The van der Waals surface area contributed by atoms with Crippen molar-refractivity contribution in [2.24, 2.45) is 0 Å². The molecule has 2 rings (SSSR count). The Morgan fingerprint density at radius 3 is 2.53 bits per heavy atom. The summed E-state index contributed by atoms with van der Waals surface area (Å²) in [4.78, 5) is 0. The van der Waals surface area contributed by atoms with Crippen LogP contribution >= 0.6 is 0 Å². The molecular formula is C15H17NO. The highest BCUT2D eigenvalue weighted by atomic mass is 16.5. The molecule has 0 aliphatic heterocycles. The summed E-state index contributed by atoms with van der Waals surface area (Å²) in [6, 6.07) is 7.96. The first-order chi connectivity index (χ1) is 8.22. The van der Waals surface area contributed by atoms with Gasteiger partial charge in [-0.2, -0.15) is 5.26 Å². The Hall–Kier alpha value is -1.77. The zero-order chi connectivity index (χ0) is 12.7. The molecule has 0 saturated heterocycles. The molecule has 0 aromatic carbocycles. The molecule has 0 spiro atoms. The number of rotatable bonds is 4. The van der Waals surface area contributed by atoms with Gasteiger partial charge in [-0.05, 0) is 36.3 Å². The van der Waals surface area contributed by atoms with Gasteiger partial charge in [0, 0.05) is 13.5 Å². The van der Waals surface area contributed by atoms with Crippen LogP contribution in [0.1, 0.15) is 31.7 Å². The third kappa shape index (κ3) is 3.63. The lowest BCUT2D eigenvalue weighted by atomic mass is 10.0. The van der Waals surface area contributed by atoms with Gasteiger partial charge in [-0.25, -0.2) is 0 Å². The fraction of sp³-hybridized carbons (Fsp3) is 0.400. The maximum absolute atomic E-state index is 8.32. The van der Waals surface area contributed by atoms with Gasteiger partial charge < -0.3 is 4.74 Å². The number of unbranched alkanes of at least 4 members (excludes halogenated alkanes) is 1. The number of ether oxygens (including phenoxy) is 1. The van der Waals surface area contributed by atoms with Crippen LogP contribution in [0.5, 0.6) is 0 Å². The summed E-state index contributed by atoms with van der Waals surface area (Å²) in [7, 11) is 1.72. The van der Waals surface area contributed by atoms with Gasteiger partial charge in [0.25, 0.3) is 0 Å². The van der Waals surface area contributed by atoms with Gasteiger partial charge in [0.2, 0.25) is 0 Å². The van der Waals surface area contributed by atoms with Gasteiger partial charge in [-0.3, -0.25) is 0 Å². The number of hydrogen-bond donors (Lipinski definition) is 0. The predicted octanol–water partition coefficient (Wildman–Crippen LogP) is 2.98. The maximum atomic E-state index is 8.32. The molecule has 0 radical (unpaired) electrons. The Morgan fingerprint density at radius 1 is 1.47 bits per heavy atom. The minimum absolute atomic E-state index is 0.360. The Morgan fingerprint density at radius 2 is 2.24 bits per heavy atom. The maximum Gasteiger partial charge on any atom is 0.0998 e. The Labute approximate surface area is 103 Å². The van der Waals surface area contributed by atoms with E-state index in [1.54, 1.807) is 7.11 Å². The largest absolute Gasteiger partial charge is 0.382 e. The summed E-state index contributed by atoms with van der Waals surface area (Å²) in [6.07, 6.45) is 8.44. The molecule has 0 fully saturated rings. The summed E-state index contributed by atoms with van der Waals surface area (Å²) in [5.74, 6) is 2.59. The molecule has 2 nitrogen and oxygen atoms in total. The first-order valence-corrected chi connectivity index (χ1v) is 5.73. The lowest BCUT2D eigenvalue weighted by Crippen LogP contribution is -2.03. The Kier molecular flexibility index (Phi) is 5.27. The zero-order valence-corrected chi connectivity index (χ0v) is 10.4. The molecule has 0 saturated carbocycles. The number of benzene rings is 1. The average molecular weight is 227 g/mol. The van der Waals surface area contributed by atoms with Crippen molar-refractivity contribution in [3.8, 4) is 18.4 Å². The van der Waals surface area contributed by atoms with Crippen molar-refractivity contribution >= 4 is 0 Å². The highest BCUT2D eigenvalue weighted by Crippen LogP contribution is 2.13. The van der Waals surface area contributed by atoms with Crippen molar-refractivity contribution in [1.29, 1.82) is 5.26 Å². The molecule has 0 amide bonds. The van der Waals surface area contributed by atoms with Crippen LogP contribution in [0, 0.1) is 34.1 Å². The summed E-state index contributed by atoms with van der Waals surface area (Å²) in [6.45, 7) is 2.05. The van der Waals surface area contributed by atoms with E-state index in [4.69, 9.17) is 16.4 Å². The van der Waals surface area contributed by atoms with Crippen LogP contribution < -0.4 is 0 Å². The SMILES string of the molecule is C#CCCCC(C)OC.N#Cc1cc2ccc1=2. The van der Waals surface area contributed by atoms with Crippen LogP contribution in [-0.4, -0.2) is 13.2 Å². The van der Waals surface area contributed by atoms with E-state index in [2.05, 4.69) is 18.9 Å². The van der Waals surface area contributed by atoms with Gasteiger partial charge >= 0.3 is 0 Å². The molecule has 0 aromatic rings. The molecular weight excluding hydrogens is 210 g/mol. The lowest BCUT2D eigenvalue weighted by Gasteiger charge is -2.05. The second-order valence-electron chi connectivity index (χ2n) is 4.01. The van der Waals surface area contributed by atoms with Crippen LogP contribution in [-0.2, 0) is 4.74 Å². The second kappa shape index (κ2) is 6.74. The van der Waals surface area contributed by atoms with Gasteiger partial charge in [0.1, 0.15) is 0 Å². The standard InChI is InChI=1S/C8H14O.C7H3N/c1-4-5-6-7-8(2)9-3;8-4-6-3-5-1-2-7(5)6/h1,8H,5-7H2,2-3H3;1-3H. The normalized spacial score (nSPS) is 11.5. The van der Waals surface area contributed by atoms with Crippen LogP contribution in [0.15, 0.2) is 18.2 Å². The molecule has 2 aliphatic carbocycles. The van der Waals surface area contributed by atoms with Gasteiger partial charge in [-0.1, -0.05) is 12.1 Å².